The molecule has 3 nitrogen and oxygen atoms in total. The SMILES string of the molecule is COc1cccnc1C(F)(CN)c1ccccc1. The van der Waals surface area contributed by atoms with Crippen molar-refractivity contribution < 1.29 is 9.13 Å². The average Bonchev–Trinajstić information content (AvgIpc) is 2.47. The molecule has 0 aliphatic carbocycles. The Balaban J connectivity index is 2.57. The van der Waals surface area contributed by atoms with E-state index in [9.17, 15) is 0 Å². The fourth-order valence-electron chi connectivity index (χ4n) is 1.91. The van der Waals surface area contributed by atoms with Crippen LogP contribution in [0.25, 0.3) is 0 Å². The van der Waals surface area contributed by atoms with Crippen molar-refractivity contribution >= 4 is 0 Å². The lowest BCUT2D eigenvalue weighted by Gasteiger charge is -2.25. The number of pyridine rings is 1. The van der Waals surface area contributed by atoms with E-state index in [1.54, 1.807) is 36.4 Å². The van der Waals surface area contributed by atoms with E-state index < -0.39 is 5.67 Å². The molecule has 0 fully saturated rings. The maximum Gasteiger partial charge on any atom is 0.193 e. The van der Waals surface area contributed by atoms with Crippen LogP contribution in [0.3, 0.4) is 0 Å². The number of halogens is 1. The van der Waals surface area contributed by atoms with Crippen LogP contribution in [0.2, 0.25) is 0 Å². The van der Waals surface area contributed by atoms with E-state index in [1.807, 2.05) is 6.07 Å². The second-order valence-corrected chi connectivity index (χ2v) is 3.93. The minimum Gasteiger partial charge on any atom is -0.495 e. The molecule has 2 N–H and O–H groups in total. The second kappa shape index (κ2) is 5.14. The van der Waals surface area contributed by atoms with Gasteiger partial charge in [-0.15, -0.1) is 0 Å². The second-order valence-electron chi connectivity index (χ2n) is 3.93. The molecule has 1 heterocycles. The number of benzene rings is 1. The third-order valence-electron chi connectivity index (χ3n) is 2.88. The zero-order valence-electron chi connectivity index (χ0n) is 10.1. The van der Waals surface area contributed by atoms with Crippen LogP contribution in [0.5, 0.6) is 5.75 Å². The lowest BCUT2D eigenvalue weighted by Crippen LogP contribution is -2.33. The molecule has 94 valence electrons. The first-order valence-electron chi connectivity index (χ1n) is 5.66. The van der Waals surface area contributed by atoms with Gasteiger partial charge >= 0.3 is 0 Å². The normalized spacial score (nSPS) is 13.9. The lowest BCUT2D eigenvalue weighted by molar-refractivity contribution is 0.216. The van der Waals surface area contributed by atoms with Crippen LogP contribution in [0.1, 0.15) is 11.3 Å². The van der Waals surface area contributed by atoms with E-state index in [0.29, 0.717) is 11.3 Å². The van der Waals surface area contributed by atoms with Crippen molar-refractivity contribution in [3.05, 3.63) is 59.9 Å². The van der Waals surface area contributed by atoms with Gasteiger partial charge in [0.1, 0.15) is 11.4 Å². The molecule has 4 heteroatoms. The van der Waals surface area contributed by atoms with Crippen molar-refractivity contribution in [1.82, 2.24) is 4.98 Å². The number of nitrogens with two attached hydrogens (primary N) is 1. The monoisotopic (exact) mass is 246 g/mol. The first kappa shape index (κ1) is 12.5. The van der Waals surface area contributed by atoms with Crippen LogP contribution in [-0.4, -0.2) is 18.6 Å². The van der Waals surface area contributed by atoms with E-state index in [1.165, 1.54) is 13.3 Å². The smallest absolute Gasteiger partial charge is 0.193 e. The van der Waals surface area contributed by atoms with Gasteiger partial charge in [-0.25, -0.2) is 4.39 Å². The van der Waals surface area contributed by atoms with Gasteiger partial charge in [0.25, 0.3) is 0 Å². The molecule has 1 aromatic heterocycles. The Hall–Kier alpha value is -1.94. The summed E-state index contributed by atoms with van der Waals surface area (Å²) in [7, 11) is 1.49. The first-order chi connectivity index (χ1) is 8.72. The Labute approximate surface area is 105 Å². The molecule has 18 heavy (non-hydrogen) atoms. The van der Waals surface area contributed by atoms with Crippen molar-refractivity contribution in [2.24, 2.45) is 5.73 Å². The van der Waals surface area contributed by atoms with E-state index in [4.69, 9.17) is 10.5 Å². The van der Waals surface area contributed by atoms with Gasteiger partial charge in [-0.05, 0) is 17.7 Å². The third kappa shape index (κ3) is 2.07. The summed E-state index contributed by atoms with van der Waals surface area (Å²) in [5.74, 6) is 0.398. The third-order valence-corrected chi connectivity index (χ3v) is 2.88. The van der Waals surface area contributed by atoms with Gasteiger partial charge in [0.15, 0.2) is 5.67 Å². The largest absolute Gasteiger partial charge is 0.495 e. The molecule has 2 rings (SSSR count). The molecule has 1 unspecified atom stereocenters. The van der Waals surface area contributed by atoms with Gasteiger partial charge in [0, 0.05) is 12.7 Å². The highest BCUT2D eigenvalue weighted by Gasteiger charge is 2.36. The number of ether oxygens (including phenoxy) is 1. The molecule has 0 saturated carbocycles. The molecule has 0 bridgehead atoms. The molecule has 0 aliphatic rings. The number of rotatable bonds is 4. The zero-order chi connectivity index (χ0) is 13.0. The Kier molecular flexibility index (Phi) is 3.58. The predicted molar refractivity (Wildman–Crippen MR) is 68.2 cm³/mol. The van der Waals surface area contributed by atoms with Crippen molar-refractivity contribution in [2.45, 2.75) is 5.67 Å². The van der Waals surface area contributed by atoms with Gasteiger partial charge in [-0.1, -0.05) is 30.3 Å². The van der Waals surface area contributed by atoms with Crippen LogP contribution in [0.15, 0.2) is 48.7 Å². The van der Waals surface area contributed by atoms with Gasteiger partial charge in [-0.3, -0.25) is 4.98 Å². The minimum atomic E-state index is -1.84. The van der Waals surface area contributed by atoms with Crippen molar-refractivity contribution in [2.75, 3.05) is 13.7 Å². The molecule has 0 aliphatic heterocycles. The van der Waals surface area contributed by atoms with Crippen molar-refractivity contribution in [1.29, 1.82) is 0 Å². The van der Waals surface area contributed by atoms with Gasteiger partial charge in [-0.2, -0.15) is 0 Å². The topological polar surface area (TPSA) is 48.1 Å². The van der Waals surface area contributed by atoms with E-state index in [0.717, 1.165) is 0 Å². The molecule has 2 aromatic rings. The highest BCUT2D eigenvalue weighted by Crippen LogP contribution is 2.36. The number of hydrogen-bond acceptors (Lipinski definition) is 3. The standard InChI is InChI=1S/C14H15FN2O/c1-18-12-8-5-9-17-13(12)14(15,10-16)11-6-3-2-4-7-11/h2-9H,10,16H2,1H3. The molecular formula is C14H15FN2O. The molecule has 1 aromatic carbocycles. The van der Waals surface area contributed by atoms with Crippen LogP contribution in [0.4, 0.5) is 4.39 Å². The number of methoxy groups -OCH3 is 1. The van der Waals surface area contributed by atoms with Crippen LogP contribution >= 0.6 is 0 Å². The molecular weight excluding hydrogens is 231 g/mol. The summed E-state index contributed by atoms with van der Waals surface area (Å²) < 4.78 is 20.3. The summed E-state index contributed by atoms with van der Waals surface area (Å²) in [4.78, 5) is 4.09. The molecule has 0 saturated heterocycles. The van der Waals surface area contributed by atoms with Gasteiger partial charge < -0.3 is 10.5 Å². The van der Waals surface area contributed by atoms with Gasteiger partial charge in [0.05, 0.1) is 7.11 Å². The fraction of sp³-hybridized carbons (Fsp3) is 0.214. The minimum absolute atomic E-state index is 0.190. The number of aromatic nitrogens is 1. The summed E-state index contributed by atoms with van der Waals surface area (Å²) in [5, 5.41) is 0. The number of hydrogen-bond donors (Lipinski definition) is 1. The Morgan fingerprint density at radius 2 is 1.94 bits per heavy atom. The summed E-state index contributed by atoms with van der Waals surface area (Å²) in [6, 6.07) is 12.1. The van der Waals surface area contributed by atoms with Gasteiger partial charge in [0.2, 0.25) is 0 Å². The Morgan fingerprint density at radius 1 is 1.22 bits per heavy atom. The van der Waals surface area contributed by atoms with Crippen molar-refractivity contribution in [3.63, 3.8) is 0 Å². The van der Waals surface area contributed by atoms with E-state index in [-0.39, 0.29) is 12.2 Å². The predicted octanol–water partition coefficient (Wildman–Crippen LogP) is 2.26. The average molecular weight is 246 g/mol. The van der Waals surface area contributed by atoms with Crippen LogP contribution < -0.4 is 10.5 Å². The molecule has 0 spiro atoms. The Morgan fingerprint density at radius 3 is 2.56 bits per heavy atom. The maximum atomic E-state index is 15.2. The quantitative estimate of drug-likeness (QED) is 0.900. The lowest BCUT2D eigenvalue weighted by atomic mass is 9.91. The number of alkyl halides is 1. The summed E-state index contributed by atoms with van der Waals surface area (Å²) >= 11 is 0. The summed E-state index contributed by atoms with van der Waals surface area (Å²) in [6.07, 6.45) is 1.53. The van der Waals surface area contributed by atoms with Crippen LogP contribution in [-0.2, 0) is 5.67 Å². The fourth-order valence-corrected chi connectivity index (χ4v) is 1.91. The Bertz CT molecular complexity index is 518. The maximum absolute atomic E-state index is 15.2. The highest BCUT2D eigenvalue weighted by molar-refractivity contribution is 5.40. The van der Waals surface area contributed by atoms with Crippen molar-refractivity contribution in [3.8, 4) is 5.75 Å². The molecule has 0 amide bonds. The van der Waals surface area contributed by atoms with Crippen LogP contribution in [0, 0.1) is 0 Å². The summed E-state index contributed by atoms with van der Waals surface area (Å²) in [6.45, 7) is -0.190. The highest BCUT2D eigenvalue weighted by atomic mass is 19.1. The molecule has 0 radical (unpaired) electrons. The number of nitrogens with zero attached hydrogens (tertiary/aromatic N) is 1. The molecule has 1 atom stereocenters. The summed E-state index contributed by atoms with van der Waals surface area (Å²) in [5.41, 5.74) is 4.47. The van der Waals surface area contributed by atoms with E-state index >= 15 is 4.39 Å². The zero-order valence-corrected chi connectivity index (χ0v) is 10.1. The first-order valence-corrected chi connectivity index (χ1v) is 5.66. The van der Waals surface area contributed by atoms with E-state index in [2.05, 4.69) is 4.98 Å².